The van der Waals surface area contributed by atoms with Crippen LogP contribution in [0, 0.1) is 24.1 Å². The van der Waals surface area contributed by atoms with E-state index in [1.807, 2.05) is 6.92 Å². The Kier molecular flexibility index (Phi) is 2.94. The van der Waals surface area contributed by atoms with Crippen molar-refractivity contribution < 1.29 is 9.18 Å². The number of carbonyl (C=O) groups excluding carboxylic acids is 1. The molecule has 1 aromatic carbocycles. The standard InChI is InChI=1S/C13H10FN3O/c1-7-11-4-9(3-10(6-15)8(2)18)12(14)5-13(11)17-16-7/h3-5H,1-2H3,(H,16,17). The van der Waals surface area contributed by atoms with Gasteiger partial charge in [-0.3, -0.25) is 9.89 Å². The minimum Gasteiger partial charge on any atom is -0.294 e. The number of benzene rings is 1. The maximum atomic E-state index is 13.8. The highest BCUT2D eigenvalue weighted by Gasteiger charge is 2.09. The van der Waals surface area contributed by atoms with Crippen LogP contribution in [0.2, 0.25) is 0 Å². The fourth-order valence-electron chi connectivity index (χ4n) is 1.66. The van der Waals surface area contributed by atoms with Crippen molar-refractivity contribution in [1.29, 1.82) is 5.26 Å². The topological polar surface area (TPSA) is 69.5 Å². The summed E-state index contributed by atoms with van der Waals surface area (Å²) < 4.78 is 13.8. The molecule has 1 aromatic heterocycles. The zero-order valence-corrected chi connectivity index (χ0v) is 9.91. The van der Waals surface area contributed by atoms with Gasteiger partial charge in [-0.05, 0) is 26.0 Å². The summed E-state index contributed by atoms with van der Waals surface area (Å²) in [5, 5.41) is 16.3. The molecular formula is C13H10FN3O. The van der Waals surface area contributed by atoms with E-state index in [-0.39, 0.29) is 16.9 Å². The number of nitrogens with zero attached hydrogens (tertiary/aromatic N) is 2. The summed E-state index contributed by atoms with van der Waals surface area (Å²) in [5.74, 6) is -0.899. The highest BCUT2D eigenvalue weighted by atomic mass is 19.1. The molecule has 0 unspecified atom stereocenters. The smallest absolute Gasteiger partial charge is 0.170 e. The molecule has 0 spiro atoms. The molecule has 0 atom stereocenters. The summed E-state index contributed by atoms with van der Waals surface area (Å²) in [6.07, 6.45) is 1.25. The third-order valence-electron chi connectivity index (χ3n) is 2.66. The van der Waals surface area contributed by atoms with Gasteiger partial charge in [0.25, 0.3) is 0 Å². The predicted octanol–water partition coefficient (Wildman–Crippen LogP) is 2.51. The van der Waals surface area contributed by atoms with E-state index in [0.717, 1.165) is 11.1 Å². The van der Waals surface area contributed by atoms with Gasteiger partial charge in [0.15, 0.2) is 5.78 Å². The number of ketones is 1. The van der Waals surface area contributed by atoms with Crippen LogP contribution in [-0.2, 0) is 4.79 Å². The number of aromatic amines is 1. The second-order valence-electron chi connectivity index (χ2n) is 3.97. The van der Waals surface area contributed by atoms with E-state index in [2.05, 4.69) is 10.2 Å². The van der Waals surface area contributed by atoms with Gasteiger partial charge < -0.3 is 0 Å². The van der Waals surface area contributed by atoms with E-state index < -0.39 is 5.82 Å². The molecule has 0 saturated carbocycles. The van der Waals surface area contributed by atoms with Gasteiger partial charge in [-0.1, -0.05) is 0 Å². The third-order valence-corrected chi connectivity index (χ3v) is 2.66. The second kappa shape index (κ2) is 4.41. The van der Waals surface area contributed by atoms with Crippen molar-refractivity contribution in [1.82, 2.24) is 10.2 Å². The number of allylic oxidation sites excluding steroid dienone is 1. The molecule has 0 amide bonds. The average Bonchev–Trinajstić information content (AvgIpc) is 2.67. The molecule has 4 nitrogen and oxygen atoms in total. The van der Waals surface area contributed by atoms with Crippen LogP contribution in [0.25, 0.3) is 17.0 Å². The first-order valence-electron chi connectivity index (χ1n) is 5.30. The van der Waals surface area contributed by atoms with Gasteiger partial charge in [0, 0.05) is 22.7 Å². The quantitative estimate of drug-likeness (QED) is 0.650. The summed E-state index contributed by atoms with van der Waals surface area (Å²) in [5.41, 5.74) is 1.46. The molecule has 1 N–H and O–H groups in total. The van der Waals surface area contributed by atoms with Gasteiger partial charge in [0.2, 0.25) is 0 Å². The van der Waals surface area contributed by atoms with Crippen molar-refractivity contribution in [2.75, 3.05) is 0 Å². The van der Waals surface area contributed by atoms with Crippen LogP contribution in [0.3, 0.4) is 0 Å². The molecule has 0 saturated heterocycles. The monoisotopic (exact) mass is 243 g/mol. The van der Waals surface area contributed by atoms with Gasteiger partial charge in [-0.15, -0.1) is 0 Å². The van der Waals surface area contributed by atoms with Gasteiger partial charge in [0.1, 0.15) is 11.9 Å². The lowest BCUT2D eigenvalue weighted by Crippen LogP contribution is -1.94. The number of Topliss-reactive ketones (excluding diaryl/α,β-unsaturated/α-hetero) is 1. The Morgan fingerprint density at radius 1 is 1.56 bits per heavy atom. The summed E-state index contributed by atoms with van der Waals surface area (Å²) >= 11 is 0. The summed E-state index contributed by atoms with van der Waals surface area (Å²) in [7, 11) is 0. The van der Waals surface area contributed by atoms with Gasteiger partial charge in [-0.25, -0.2) is 4.39 Å². The van der Waals surface area contributed by atoms with Crippen molar-refractivity contribution in [2.45, 2.75) is 13.8 Å². The number of aryl methyl sites for hydroxylation is 1. The van der Waals surface area contributed by atoms with Crippen molar-refractivity contribution >= 4 is 22.8 Å². The number of carbonyl (C=O) groups is 1. The molecule has 0 aliphatic carbocycles. The van der Waals surface area contributed by atoms with E-state index in [1.54, 1.807) is 12.1 Å². The Morgan fingerprint density at radius 3 is 2.89 bits per heavy atom. The predicted molar refractivity (Wildman–Crippen MR) is 65.1 cm³/mol. The molecule has 0 aliphatic heterocycles. The number of rotatable bonds is 2. The van der Waals surface area contributed by atoms with E-state index >= 15 is 0 Å². The number of fused-ring (bicyclic) bond motifs is 1. The minimum atomic E-state index is -0.511. The average molecular weight is 243 g/mol. The largest absolute Gasteiger partial charge is 0.294 e. The zero-order valence-electron chi connectivity index (χ0n) is 9.91. The fourth-order valence-corrected chi connectivity index (χ4v) is 1.66. The first-order valence-corrected chi connectivity index (χ1v) is 5.30. The lowest BCUT2D eigenvalue weighted by molar-refractivity contribution is -0.113. The number of nitriles is 1. The lowest BCUT2D eigenvalue weighted by Gasteiger charge is -1.99. The molecule has 2 aromatic rings. The third kappa shape index (κ3) is 2.00. The Bertz CT molecular complexity index is 707. The van der Waals surface area contributed by atoms with Gasteiger partial charge >= 0.3 is 0 Å². The molecule has 90 valence electrons. The molecule has 0 bridgehead atoms. The molecule has 1 heterocycles. The Morgan fingerprint density at radius 2 is 2.28 bits per heavy atom. The van der Waals surface area contributed by atoms with E-state index in [9.17, 15) is 9.18 Å². The zero-order chi connectivity index (χ0) is 13.3. The molecule has 0 radical (unpaired) electrons. The van der Waals surface area contributed by atoms with Gasteiger partial charge in [-0.2, -0.15) is 10.4 Å². The molecule has 18 heavy (non-hydrogen) atoms. The summed E-state index contributed by atoms with van der Waals surface area (Å²) in [6, 6.07) is 4.61. The van der Waals surface area contributed by atoms with E-state index in [0.29, 0.717) is 5.52 Å². The number of hydrogen-bond donors (Lipinski definition) is 1. The maximum Gasteiger partial charge on any atom is 0.170 e. The molecular weight excluding hydrogens is 233 g/mol. The number of aromatic nitrogens is 2. The van der Waals surface area contributed by atoms with Crippen molar-refractivity contribution in [2.24, 2.45) is 0 Å². The molecule has 5 heteroatoms. The van der Waals surface area contributed by atoms with Gasteiger partial charge in [0.05, 0.1) is 11.1 Å². The van der Waals surface area contributed by atoms with Crippen molar-refractivity contribution in [3.8, 4) is 6.07 Å². The van der Waals surface area contributed by atoms with Crippen molar-refractivity contribution in [3.05, 3.63) is 34.8 Å². The number of nitrogens with one attached hydrogen (secondary N) is 1. The lowest BCUT2D eigenvalue weighted by atomic mass is 10.1. The Labute approximate surface area is 103 Å². The van der Waals surface area contributed by atoms with Crippen LogP contribution in [0.15, 0.2) is 17.7 Å². The SMILES string of the molecule is CC(=O)C(C#N)=Cc1cc2c(C)[nH]nc2cc1F. The van der Waals surface area contributed by atoms with Crippen LogP contribution < -0.4 is 0 Å². The molecule has 2 rings (SSSR count). The van der Waals surface area contributed by atoms with Crippen LogP contribution in [0.4, 0.5) is 4.39 Å². The Balaban J connectivity index is 2.64. The number of H-pyrrole nitrogens is 1. The Hall–Kier alpha value is -2.48. The fraction of sp³-hybridized carbons (Fsp3) is 0.154. The highest BCUT2D eigenvalue weighted by Crippen LogP contribution is 2.22. The first kappa shape index (κ1) is 12.0. The van der Waals surface area contributed by atoms with Crippen LogP contribution in [-0.4, -0.2) is 16.0 Å². The van der Waals surface area contributed by atoms with Crippen molar-refractivity contribution in [3.63, 3.8) is 0 Å². The summed E-state index contributed by atoms with van der Waals surface area (Å²) in [4.78, 5) is 11.1. The first-order chi connectivity index (χ1) is 8.52. The van der Waals surface area contributed by atoms with E-state index in [4.69, 9.17) is 5.26 Å². The number of hydrogen-bond acceptors (Lipinski definition) is 3. The normalized spacial score (nSPS) is 11.6. The number of halogens is 1. The maximum absolute atomic E-state index is 13.8. The molecule has 0 aliphatic rings. The van der Waals surface area contributed by atoms with Crippen LogP contribution >= 0.6 is 0 Å². The molecule has 0 fully saturated rings. The summed E-state index contributed by atoms with van der Waals surface area (Å²) in [6.45, 7) is 3.09. The highest BCUT2D eigenvalue weighted by molar-refractivity contribution is 6.02. The van der Waals surface area contributed by atoms with Crippen LogP contribution in [0.5, 0.6) is 0 Å². The van der Waals surface area contributed by atoms with E-state index in [1.165, 1.54) is 19.1 Å². The second-order valence-corrected chi connectivity index (χ2v) is 3.97. The minimum absolute atomic E-state index is 0.0746. The van der Waals surface area contributed by atoms with Crippen LogP contribution in [0.1, 0.15) is 18.2 Å².